The van der Waals surface area contributed by atoms with Gasteiger partial charge in [0.25, 0.3) is 0 Å². The lowest BCUT2D eigenvalue weighted by Crippen LogP contribution is -2.38. The molecular formula is C16H26N2. The molecule has 100 valence electrons. The van der Waals surface area contributed by atoms with E-state index >= 15 is 0 Å². The van der Waals surface area contributed by atoms with Gasteiger partial charge in [0.15, 0.2) is 0 Å². The molecule has 1 saturated heterocycles. The summed E-state index contributed by atoms with van der Waals surface area (Å²) in [4.78, 5) is 2.60. The lowest BCUT2D eigenvalue weighted by atomic mass is 9.88. The molecule has 1 aliphatic rings. The summed E-state index contributed by atoms with van der Waals surface area (Å²) in [6, 6.07) is 8.44. The van der Waals surface area contributed by atoms with E-state index in [9.17, 15) is 0 Å². The summed E-state index contributed by atoms with van der Waals surface area (Å²) in [6.07, 6.45) is 2.56. The highest BCUT2D eigenvalue weighted by molar-refractivity contribution is 5.40. The zero-order valence-electron chi connectivity index (χ0n) is 11.9. The van der Waals surface area contributed by atoms with E-state index in [-0.39, 0.29) is 0 Å². The molecule has 0 spiro atoms. The van der Waals surface area contributed by atoms with Crippen LogP contribution in [0, 0.1) is 5.41 Å². The van der Waals surface area contributed by atoms with Crippen LogP contribution in [0.15, 0.2) is 24.3 Å². The highest BCUT2D eigenvalue weighted by Crippen LogP contribution is 2.29. The monoisotopic (exact) mass is 246 g/mol. The molecule has 1 aromatic carbocycles. The average Bonchev–Trinajstić information content (AvgIpc) is 2.29. The number of nitrogens with two attached hydrogens (primary N) is 1. The van der Waals surface area contributed by atoms with Crippen molar-refractivity contribution in [1.29, 1.82) is 0 Å². The summed E-state index contributed by atoms with van der Waals surface area (Å²) in [5.41, 5.74) is 8.47. The van der Waals surface area contributed by atoms with Gasteiger partial charge < -0.3 is 10.6 Å². The molecule has 0 aromatic heterocycles. The van der Waals surface area contributed by atoms with Crippen LogP contribution in [0.3, 0.4) is 0 Å². The molecule has 2 nitrogen and oxygen atoms in total. The molecule has 1 fully saturated rings. The van der Waals surface area contributed by atoms with Crippen LogP contribution in [0.25, 0.3) is 0 Å². The fourth-order valence-electron chi connectivity index (χ4n) is 2.86. The normalized spacial score (nSPS) is 19.1. The van der Waals surface area contributed by atoms with Gasteiger partial charge >= 0.3 is 0 Å². The van der Waals surface area contributed by atoms with Gasteiger partial charge in [-0.1, -0.05) is 32.9 Å². The largest absolute Gasteiger partial charge is 0.399 e. The van der Waals surface area contributed by atoms with Crippen LogP contribution < -0.4 is 5.73 Å². The maximum Gasteiger partial charge on any atom is 0.0314 e. The Balaban J connectivity index is 1.88. The fourth-order valence-corrected chi connectivity index (χ4v) is 2.86. The molecule has 2 N–H and O–H groups in total. The van der Waals surface area contributed by atoms with Crippen LogP contribution in [-0.2, 0) is 0 Å². The second kappa shape index (κ2) is 5.31. The van der Waals surface area contributed by atoms with E-state index in [0.29, 0.717) is 5.41 Å². The van der Waals surface area contributed by atoms with E-state index in [2.05, 4.69) is 37.8 Å². The molecule has 0 bridgehead atoms. The number of nitrogens with zero attached hydrogens (tertiary/aromatic N) is 1. The second-order valence-corrected chi connectivity index (χ2v) is 6.78. The summed E-state index contributed by atoms with van der Waals surface area (Å²) >= 11 is 0. The first-order chi connectivity index (χ1) is 8.44. The first-order valence-corrected chi connectivity index (χ1v) is 7.02. The van der Waals surface area contributed by atoms with Gasteiger partial charge in [-0.2, -0.15) is 0 Å². The average molecular weight is 246 g/mol. The van der Waals surface area contributed by atoms with Gasteiger partial charge in [0.05, 0.1) is 0 Å². The standard InChI is InChI=1S/C16H26N2/c1-16(2,3)12-18-10-8-14(9-11-18)13-4-6-15(17)7-5-13/h4-7,14H,8-12,17H2,1-3H3. The Bertz CT molecular complexity index is 367. The predicted molar refractivity (Wildman–Crippen MR) is 78.7 cm³/mol. The molecular weight excluding hydrogens is 220 g/mol. The summed E-state index contributed by atoms with van der Waals surface area (Å²) in [7, 11) is 0. The molecule has 0 unspecified atom stereocenters. The zero-order chi connectivity index (χ0) is 13.2. The number of piperidine rings is 1. The third-order valence-corrected chi connectivity index (χ3v) is 3.69. The van der Waals surface area contributed by atoms with Crippen molar-refractivity contribution in [3.63, 3.8) is 0 Å². The topological polar surface area (TPSA) is 29.3 Å². The van der Waals surface area contributed by atoms with Crippen molar-refractivity contribution < 1.29 is 0 Å². The summed E-state index contributed by atoms with van der Waals surface area (Å²) < 4.78 is 0. The van der Waals surface area contributed by atoms with Gasteiger partial charge in [-0.05, 0) is 55.0 Å². The Labute approximate surface area is 111 Å². The molecule has 1 aliphatic heterocycles. The SMILES string of the molecule is CC(C)(C)CN1CCC(c2ccc(N)cc2)CC1. The van der Waals surface area contributed by atoms with Gasteiger partial charge in [0.1, 0.15) is 0 Å². The lowest BCUT2D eigenvalue weighted by Gasteiger charge is -2.36. The fraction of sp³-hybridized carbons (Fsp3) is 0.625. The van der Waals surface area contributed by atoms with Crippen LogP contribution in [0.1, 0.15) is 45.1 Å². The van der Waals surface area contributed by atoms with Crippen molar-refractivity contribution in [3.8, 4) is 0 Å². The first kappa shape index (κ1) is 13.4. The smallest absolute Gasteiger partial charge is 0.0314 e. The Morgan fingerprint density at radius 3 is 2.17 bits per heavy atom. The predicted octanol–water partition coefficient (Wildman–Crippen LogP) is 3.49. The van der Waals surface area contributed by atoms with Crippen molar-refractivity contribution in [3.05, 3.63) is 29.8 Å². The minimum atomic E-state index is 0.411. The molecule has 0 amide bonds. The Hall–Kier alpha value is -1.02. The van der Waals surface area contributed by atoms with E-state index < -0.39 is 0 Å². The molecule has 2 rings (SSSR count). The summed E-state index contributed by atoms with van der Waals surface area (Å²) in [5, 5.41) is 0. The number of anilines is 1. The Kier molecular flexibility index (Phi) is 3.96. The minimum Gasteiger partial charge on any atom is -0.399 e. The van der Waals surface area contributed by atoms with Gasteiger partial charge in [-0.15, -0.1) is 0 Å². The number of rotatable bonds is 2. The number of benzene rings is 1. The van der Waals surface area contributed by atoms with Crippen molar-refractivity contribution in [2.75, 3.05) is 25.4 Å². The number of nitrogen functional groups attached to an aromatic ring is 1. The highest BCUT2D eigenvalue weighted by atomic mass is 15.1. The quantitative estimate of drug-likeness (QED) is 0.809. The van der Waals surface area contributed by atoms with E-state index in [1.165, 1.54) is 38.0 Å². The highest BCUT2D eigenvalue weighted by Gasteiger charge is 2.23. The lowest BCUT2D eigenvalue weighted by molar-refractivity contribution is 0.154. The first-order valence-electron chi connectivity index (χ1n) is 7.02. The molecule has 0 saturated carbocycles. The van der Waals surface area contributed by atoms with E-state index in [1.807, 2.05) is 12.1 Å². The van der Waals surface area contributed by atoms with Crippen molar-refractivity contribution in [1.82, 2.24) is 4.90 Å². The molecule has 0 atom stereocenters. The number of hydrogen-bond donors (Lipinski definition) is 1. The van der Waals surface area contributed by atoms with E-state index in [4.69, 9.17) is 5.73 Å². The van der Waals surface area contributed by atoms with Crippen LogP contribution in [0.5, 0.6) is 0 Å². The van der Waals surface area contributed by atoms with Crippen LogP contribution in [0.2, 0.25) is 0 Å². The van der Waals surface area contributed by atoms with Crippen molar-refractivity contribution >= 4 is 5.69 Å². The molecule has 18 heavy (non-hydrogen) atoms. The summed E-state index contributed by atoms with van der Waals surface area (Å²) in [5.74, 6) is 0.724. The Morgan fingerprint density at radius 1 is 1.11 bits per heavy atom. The van der Waals surface area contributed by atoms with Crippen molar-refractivity contribution in [2.24, 2.45) is 5.41 Å². The third kappa shape index (κ3) is 3.74. The molecule has 1 heterocycles. The van der Waals surface area contributed by atoms with Gasteiger partial charge in [0, 0.05) is 12.2 Å². The zero-order valence-corrected chi connectivity index (χ0v) is 11.9. The van der Waals surface area contributed by atoms with Crippen LogP contribution in [0.4, 0.5) is 5.69 Å². The third-order valence-electron chi connectivity index (χ3n) is 3.69. The van der Waals surface area contributed by atoms with Crippen LogP contribution >= 0.6 is 0 Å². The van der Waals surface area contributed by atoms with E-state index in [1.54, 1.807) is 0 Å². The Morgan fingerprint density at radius 2 is 1.67 bits per heavy atom. The maximum atomic E-state index is 5.74. The summed E-state index contributed by atoms with van der Waals surface area (Å²) in [6.45, 7) is 10.6. The van der Waals surface area contributed by atoms with Gasteiger partial charge in [-0.25, -0.2) is 0 Å². The molecule has 0 radical (unpaired) electrons. The maximum absolute atomic E-state index is 5.74. The van der Waals surface area contributed by atoms with Gasteiger partial charge in [0.2, 0.25) is 0 Å². The molecule has 2 heteroatoms. The van der Waals surface area contributed by atoms with E-state index in [0.717, 1.165) is 11.6 Å². The minimum absolute atomic E-state index is 0.411. The van der Waals surface area contributed by atoms with Crippen molar-refractivity contribution in [2.45, 2.75) is 39.5 Å². The second-order valence-electron chi connectivity index (χ2n) is 6.78. The number of likely N-dealkylation sites (tertiary alicyclic amines) is 1. The number of hydrogen-bond acceptors (Lipinski definition) is 2. The van der Waals surface area contributed by atoms with Crippen LogP contribution in [-0.4, -0.2) is 24.5 Å². The molecule has 0 aliphatic carbocycles. The molecule has 1 aromatic rings. The van der Waals surface area contributed by atoms with Gasteiger partial charge in [-0.3, -0.25) is 0 Å².